The van der Waals surface area contributed by atoms with Crippen molar-refractivity contribution in [2.45, 2.75) is 19.9 Å². The summed E-state index contributed by atoms with van der Waals surface area (Å²) < 4.78 is 1.84. The number of piperazine rings is 1. The van der Waals surface area contributed by atoms with Crippen molar-refractivity contribution in [3.63, 3.8) is 0 Å². The van der Waals surface area contributed by atoms with Crippen LogP contribution in [0.4, 0.5) is 0 Å². The quantitative estimate of drug-likeness (QED) is 0.750. The summed E-state index contributed by atoms with van der Waals surface area (Å²) in [6, 6.07) is 13.7. The minimum atomic E-state index is -0.00271. The van der Waals surface area contributed by atoms with Crippen molar-refractivity contribution in [2.24, 2.45) is 5.92 Å². The summed E-state index contributed by atoms with van der Waals surface area (Å²) in [7, 11) is 0. The summed E-state index contributed by atoms with van der Waals surface area (Å²) in [5, 5.41) is 9.35. The fourth-order valence-corrected chi connectivity index (χ4v) is 3.97. The standard InChI is InChI=1S/C21H23ClN4O/c1-14(2)20-13-23-9-10-25(20)21(27)17-8-7-16(11-18(17)22)26-19-6-4-3-5-15(19)12-24-26/h3-8,11-12,14,20,23H,9-10,13H2,1-2H3. The van der Waals surface area contributed by atoms with Crippen LogP contribution in [0.2, 0.25) is 5.02 Å². The maximum Gasteiger partial charge on any atom is 0.255 e. The van der Waals surface area contributed by atoms with Crippen molar-refractivity contribution in [1.29, 1.82) is 0 Å². The van der Waals surface area contributed by atoms with E-state index in [1.54, 1.807) is 0 Å². The first-order chi connectivity index (χ1) is 13.1. The van der Waals surface area contributed by atoms with Gasteiger partial charge in [-0.25, -0.2) is 4.68 Å². The summed E-state index contributed by atoms with van der Waals surface area (Å²) >= 11 is 6.53. The minimum Gasteiger partial charge on any atom is -0.333 e. The number of amides is 1. The molecule has 2 aromatic carbocycles. The van der Waals surface area contributed by atoms with Crippen molar-refractivity contribution < 1.29 is 4.79 Å². The number of nitrogens with zero attached hydrogens (tertiary/aromatic N) is 3. The Bertz CT molecular complexity index is 981. The molecule has 1 fully saturated rings. The highest BCUT2D eigenvalue weighted by Crippen LogP contribution is 2.26. The molecule has 1 unspecified atom stereocenters. The van der Waals surface area contributed by atoms with E-state index in [-0.39, 0.29) is 11.9 Å². The normalized spacial score (nSPS) is 17.6. The molecular weight excluding hydrogens is 360 g/mol. The monoisotopic (exact) mass is 382 g/mol. The van der Waals surface area contributed by atoms with E-state index >= 15 is 0 Å². The van der Waals surface area contributed by atoms with Gasteiger partial charge >= 0.3 is 0 Å². The molecule has 3 aromatic rings. The first-order valence-electron chi connectivity index (χ1n) is 9.30. The van der Waals surface area contributed by atoms with Crippen LogP contribution in [-0.4, -0.2) is 46.3 Å². The topological polar surface area (TPSA) is 50.2 Å². The maximum absolute atomic E-state index is 13.1. The van der Waals surface area contributed by atoms with E-state index < -0.39 is 0 Å². The van der Waals surface area contributed by atoms with Gasteiger partial charge in [0.15, 0.2) is 0 Å². The van der Waals surface area contributed by atoms with Crippen molar-refractivity contribution >= 4 is 28.4 Å². The number of halogens is 1. The van der Waals surface area contributed by atoms with E-state index in [1.807, 2.05) is 58.2 Å². The van der Waals surface area contributed by atoms with Gasteiger partial charge in [0.05, 0.1) is 28.0 Å². The predicted molar refractivity (Wildman–Crippen MR) is 109 cm³/mol. The largest absolute Gasteiger partial charge is 0.333 e. The molecule has 0 radical (unpaired) electrons. The Morgan fingerprint density at radius 1 is 1.26 bits per heavy atom. The minimum absolute atomic E-state index is 0.00271. The maximum atomic E-state index is 13.1. The van der Waals surface area contributed by atoms with E-state index in [9.17, 15) is 4.79 Å². The van der Waals surface area contributed by atoms with Gasteiger partial charge in [-0.05, 0) is 30.2 Å². The molecule has 1 saturated heterocycles. The molecule has 2 heterocycles. The second-order valence-corrected chi connectivity index (χ2v) is 7.70. The number of carbonyl (C=O) groups excluding carboxylic acids is 1. The number of nitrogens with one attached hydrogen (secondary N) is 1. The number of carbonyl (C=O) groups is 1. The molecule has 4 rings (SSSR count). The van der Waals surface area contributed by atoms with Gasteiger partial charge in [0.1, 0.15) is 0 Å². The van der Waals surface area contributed by atoms with Gasteiger partial charge in [-0.1, -0.05) is 43.6 Å². The summed E-state index contributed by atoms with van der Waals surface area (Å²) in [5.74, 6) is 0.382. The van der Waals surface area contributed by atoms with Crippen LogP contribution in [-0.2, 0) is 0 Å². The first-order valence-corrected chi connectivity index (χ1v) is 9.68. The fraction of sp³-hybridized carbons (Fsp3) is 0.333. The number of rotatable bonds is 3. The Labute approximate surface area is 163 Å². The van der Waals surface area contributed by atoms with Gasteiger partial charge in [-0.3, -0.25) is 4.79 Å². The molecule has 0 saturated carbocycles. The third-order valence-corrected chi connectivity index (χ3v) is 5.53. The Balaban J connectivity index is 1.66. The number of hydrogen-bond acceptors (Lipinski definition) is 3. The van der Waals surface area contributed by atoms with Crippen LogP contribution in [0.5, 0.6) is 0 Å². The Hall–Kier alpha value is -2.37. The molecule has 1 aliphatic rings. The molecule has 140 valence electrons. The van der Waals surface area contributed by atoms with Crippen molar-refractivity contribution in [2.75, 3.05) is 19.6 Å². The lowest BCUT2D eigenvalue weighted by molar-refractivity contribution is 0.0573. The summed E-state index contributed by atoms with van der Waals surface area (Å²) in [5.41, 5.74) is 2.40. The number of fused-ring (bicyclic) bond motifs is 1. The number of hydrogen-bond donors (Lipinski definition) is 1. The summed E-state index contributed by atoms with van der Waals surface area (Å²) in [6.07, 6.45) is 1.83. The van der Waals surface area contributed by atoms with Gasteiger partial charge in [0.25, 0.3) is 5.91 Å². The van der Waals surface area contributed by atoms with Crippen LogP contribution < -0.4 is 5.32 Å². The van der Waals surface area contributed by atoms with Gasteiger partial charge in [0, 0.05) is 31.1 Å². The number of benzene rings is 2. The van der Waals surface area contributed by atoms with Gasteiger partial charge < -0.3 is 10.2 Å². The Morgan fingerprint density at radius 3 is 2.85 bits per heavy atom. The molecule has 0 aliphatic carbocycles. The third-order valence-electron chi connectivity index (χ3n) is 5.22. The molecule has 27 heavy (non-hydrogen) atoms. The summed E-state index contributed by atoms with van der Waals surface area (Å²) in [6.45, 7) is 6.61. The molecule has 1 atom stereocenters. The lowest BCUT2D eigenvalue weighted by Gasteiger charge is -2.38. The second-order valence-electron chi connectivity index (χ2n) is 7.29. The van der Waals surface area contributed by atoms with Crippen molar-refractivity contribution in [3.05, 3.63) is 59.2 Å². The highest BCUT2D eigenvalue weighted by atomic mass is 35.5. The van der Waals surface area contributed by atoms with Crippen molar-refractivity contribution in [1.82, 2.24) is 20.0 Å². The molecule has 6 heteroatoms. The highest BCUT2D eigenvalue weighted by molar-refractivity contribution is 6.34. The third kappa shape index (κ3) is 3.33. The molecular formula is C21H23ClN4O. The van der Waals surface area contributed by atoms with Crippen LogP contribution in [0.15, 0.2) is 48.7 Å². The first kappa shape index (κ1) is 18.0. The van der Waals surface area contributed by atoms with Gasteiger partial charge in [-0.2, -0.15) is 5.10 Å². The highest BCUT2D eigenvalue weighted by Gasteiger charge is 2.30. The average Bonchev–Trinajstić information content (AvgIpc) is 3.11. The molecule has 0 bridgehead atoms. The van der Waals surface area contributed by atoms with Crippen LogP contribution in [0, 0.1) is 5.92 Å². The lowest BCUT2D eigenvalue weighted by Crippen LogP contribution is -2.55. The van der Waals surface area contributed by atoms with E-state index in [1.165, 1.54) is 0 Å². The molecule has 1 aliphatic heterocycles. The van der Waals surface area contributed by atoms with Crippen LogP contribution >= 0.6 is 11.6 Å². The fourth-order valence-electron chi connectivity index (χ4n) is 3.71. The van der Waals surface area contributed by atoms with Crippen LogP contribution in [0.25, 0.3) is 16.6 Å². The molecule has 1 aromatic heterocycles. The Morgan fingerprint density at radius 2 is 2.07 bits per heavy atom. The summed E-state index contributed by atoms with van der Waals surface area (Å²) in [4.78, 5) is 15.1. The zero-order chi connectivity index (χ0) is 19.0. The smallest absolute Gasteiger partial charge is 0.255 e. The zero-order valence-electron chi connectivity index (χ0n) is 15.5. The second kappa shape index (κ2) is 7.33. The Kier molecular flexibility index (Phi) is 4.89. The molecule has 5 nitrogen and oxygen atoms in total. The van der Waals surface area contributed by atoms with Gasteiger partial charge in [-0.15, -0.1) is 0 Å². The van der Waals surface area contributed by atoms with Crippen LogP contribution in [0.1, 0.15) is 24.2 Å². The SMILES string of the molecule is CC(C)C1CNCCN1C(=O)c1ccc(-n2ncc3ccccc32)cc1Cl. The van der Waals surface area contributed by atoms with E-state index in [0.717, 1.165) is 29.7 Å². The zero-order valence-corrected chi connectivity index (χ0v) is 16.3. The number of para-hydroxylation sites is 1. The molecule has 1 amide bonds. The van der Waals surface area contributed by atoms with Gasteiger partial charge in [0.2, 0.25) is 0 Å². The van der Waals surface area contributed by atoms with E-state index in [4.69, 9.17) is 11.6 Å². The van der Waals surface area contributed by atoms with E-state index in [2.05, 4.69) is 24.3 Å². The average molecular weight is 383 g/mol. The van der Waals surface area contributed by atoms with Crippen molar-refractivity contribution in [3.8, 4) is 5.69 Å². The molecule has 0 spiro atoms. The van der Waals surface area contributed by atoms with E-state index in [0.29, 0.717) is 23.0 Å². The lowest BCUT2D eigenvalue weighted by atomic mass is 9.99. The molecule has 1 N–H and O–H groups in total. The van der Waals surface area contributed by atoms with Crippen LogP contribution in [0.3, 0.4) is 0 Å². The predicted octanol–water partition coefficient (Wildman–Crippen LogP) is 3.75. The number of aromatic nitrogens is 2.